The van der Waals surface area contributed by atoms with Crippen molar-refractivity contribution in [3.8, 4) is 11.1 Å². The molecule has 0 atom stereocenters. The predicted octanol–water partition coefficient (Wildman–Crippen LogP) is 4.15. The van der Waals surface area contributed by atoms with Gasteiger partial charge >= 0.3 is 17.9 Å². The predicted molar refractivity (Wildman–Crippen MR) is 135 cm³/mol. The van der Waals surface area contributed by atoms with Crippen molar-refractivity contribution in [3.63, 3.8) is 0 Å². The normalized spacial score (nSPS) is 10.6. The minimum atomic E-state index is -0.927. The molecule has 2 aromatic carbocycles. The molecule has 0 spiro atoms. The Morgan fingerprint density at radius 3 is 2.27 bits per heavy atom. The second-order valence-electron chi connectivity index (χ2n) is 8.22. The second-order valence-corrected chi connectivity index (χ2v) is 8.22. The molecule has 0 N–H and O–H groups in total. The number of methoxy groups -OCH3 is 1. The Kier molecular flexibility index (Phi) is 9.32. The van der Waals surface area contributed by atoms with Crippen molar-refractivity contribution in [2.45, 2.75) is 46.8 Å². The number of carbonyl (C=O) groups excluding carboxylic acids is 4. The maximum atomic E-state index is 12.9. The number of aromatic nitrogens is 2. The first-order valence-corrected chi connectivity index (χ1v) is 12.0. The van der Waals surface area contributed by atoms with Gasteiger partial charge in [0.25, 0.3) is 5.78 Å². The van der Waals surface area contributed by atoms with Crippen molar-refractivity contribution >= 4 is 23.7 Å². The van der Waals surface area contributed by atoms with Gasteiger partial charge in [0.1, 0.15) is 18.1 Å². The Morgan fingerprint density at radius 1 is 0.946 bits per heavy atom. The molecule has 9 heteroatoms. The highest BCUT2D eigenvalue weighted by molar-refractivity contribution is 6.41. The first-order valence-electron chi connectivity index (χ1n) is 12.0. The molecule has 0 saturated heterocycles. The fourth-order valence-corrected chi connectivity index (χ4v) is 3.94. The van der Waals surface area contributed by atoms with Gasteiger partial charge in [-0.3, -0.25) is 9.59 Å². The lowest BCUT2D eigenvalue weighted by molar-refractivity contribution is -0.142. The maximum Gasteiger partial charge on any atom is 0.379 e. The molecule has 0 fully saturated rings. The third-order valence-electron chi connectivity index (χ3n) is 5.62. The van der Waals surface area contributed by atoms with E-state index >= 15 is 0 Å². The third kappa shape index (κ3) is 6.49. The first-order chi connectivity index (χ1) is 17.8. The van der Waals surface area contributed by atoms with Crippen molar-refractivity contribution in [2.24, 2.45) is 0 Å². The Hall–Kier alpha value is -4.27. The van der Waals surface area contributed by atoms with Crippen LogP contribution in [0.5, 0.6) is 0 Å². The van der Waals surface area contributed by atoms with Crippen molar-refractivity contribution < 1.29 is 33.4 Å². The third-order valence-corrected chi connectivity index (χ3v) is 5.62. The van der Waals surface area contributed by atoms with E-state index in [0.717, 1.165) is 17.5 Å². The molecule has 194 valence electrons. The van der Waals surface area contributed by atoms with Gasteiger partial charge in [-0.2, -0.15) is 0 Å². The van der Waals surface area contributed by atoms with Crippen LogP contribution in [0.4, 0.5) is 0 Å². The van der Waals surface area contributed by atoms with Crippen LogP contribution in [-0.2, 0) is 43.4 Å². The highest BCUT2D eigenvalue weighted by Crippen LogP contribution is 2.26. The van der Waals surface area contributed by atoms with Gasteiger partial charge in [-0.1, -0.05) is 55.5 Å². The van der Waals surface area contributed by atoms with E-state index in [4.69, 9.17) is 9.47 Å². The maximum absolute atomic E-state index is 12.9. The fraction of sp³-hybridized carbons (Fsp3) is 0.321. The molecule has 3 aromatic rings. The van der Waals surface area contributed by atoms with Crippen LogP contribution in [0.1, 0.15) is 65.1 Å². The van der Waals surface area contributed by atoms with Gasteiger partial charge in [0.05, 0.1) is 13.7 Å². The number of rotatable bonds is 11. The number of esters is 3. The average Bonchev–Trinajstić information content (AvgIpc) is 3.24. The summed E-state index contributed by atoms with van der Waals surface area (Å²) in [5, 5.41) is 0. The van der Waals surface area contributed by atoms with Gasteiger partial charge < -0.3 is 18.8 Å². The van der Waals surface area contributed by atoms with Gasteiger partial charge in [-0.25, -0.2) is 14.6 Å². The standard InChI is InChI=1S/C28H30N2O7/c1-5-9-24-29-23(17-37-18(3)31)25(27(33)36-6-2)30(24)16-19-12-14-20(15-13-19)21-10-7-8-11-22(21)26(32)28(34)35-4/h7-8,10-15H,5-6,9,16-17H2,1-4H3. The molecule has 0 aliphatic rings. The highest BCUT2D eigenvalue weighted by Gasteiger charge is 2.25. The van der Waals surface area contributed by atoms with E-state index in [1.165, 1.54) is 14.0 Å². The van der Waals surface area contributed by atoms with Crippen LogP contribution in [0, 0.1) is 0 Å². The minimum Gasteiger partial charge on any atom is -0.463 e. The lowest BCUT2D eigenvalue weighted by Gasteiger charge is -2.13. The first kappa shape index (κ1) is 27.3. The van der Waals surface area contributed by atoms with E-state index < -0.39 is 23.7 Å². The SMILES string of the molecule is CCCc1nc(COC(C)=O)c(C(=O)OCC)n1Cc1ccc(-c2ccccc2C(=O)C(=O)OC)cc1. The summed E-state index contributed by atoms with van der Waals surface area (Å²) in [4.78, 5) is 53.1. The summed E-state index contributed by atoms with van der Waals surface area (Å²) in [5.74, 6) is -1.96. The van der Waals surface area contributed by atoms with E-state index in [-0.39, 0.29) is 24.5 Å². The zero-order valence-corrected chi connectivity index (χ0v) is 21.4. The molecule has 0 radical (unpaired) electrons. The smallest absolute Gasteiger partial charge is 0.379 e. The number of ketones is 1. The highest BCUT2D eigenvalue weighted by atomic mass is 16.5. The zero-order chi connectivity index (χ0) is 26.9. The van der Waals surface area contributed by atoms with Gasteiger partial charge in [-0.05, 0) is 30.0 Å². The number of benzene rings is 2. The number of nitrogens with zero attached hydrogens (tertiary/aromatic N) is 2. The van der Waals surface area contributed by atoms with Gasteiger partial charge in [0.15, 0.2) is 5.69 Å². The molecule has 9 nitrogen and oxygen atoms in total. The van der Waals surface area contributed by atoms with E-state index in [9.17, 15) is 19.2 Å². The zero-order valence-electron chi connectivity index (χ0n) is 21.4. The Morgan fingerprint density at radius 2 is 1.65 bits per heavy atom. The van der Waals surface area contributed by atoms with Crippen LogP contribution in [0.3, 0.4) is 0 Å². The quantitative estimate of drug-likeness (QED) is 0.165. The molecule has 0 aliphatic carbocycles. The molecule has 0 bridgehead atoms. The average molecular weight is 507 g/mol. The summed E-state index contributed by atoms with van der Waals surface area (Å²) in [6.45, 7) is 5.43. The second kappa shape index (κ2) is 12.6. The summed E-state index contributed by atoms with van der Waals surface area (Å²) >= 11 is 0. The van der Waals surface area contributed by atoms with Crippen LogP contribution in [-0.4, -0.2) is 47.0 Å². The van der Waals surface area contributed by atoms with Gasteiger partial charge in [0.2, 0.25) is 0 Å². The number of carbonyl (C=O) groups is 4. The molecular formula is C28H30N2O7. The Labute approximate surface area is 215 Å². The number of Topliss-reactive ketones (excluding diaryl/α,β-unsaturated/α-hetero) is 1. The number of hydrogen-bond acceptors (Lipinski definition) is 8. The summed E-state index contributed by atoms with van der Waals surface area (Å²) in [6.07, 6.45) is 1.42. The van der Waals surface area contributed by atoms with Crippen LogP contribution >= 0.6 is 0 Å². The molecular weight excluding hydrogens is 476 g/mol. The molecule has 1 heterocycles. The largest absolute Gasteiger partial charge is 0.463 e. The van der Waals surface area contributed by atoms with Crippen LogP contribution in [0.2, 0.25) is 0 Å². The van der Waals surface area contributed by atoms with Crippen LogP contribution < -0.4 is 0 Å². The topological polar surface area (TPSA) is 114 Å². The molecule has 37 heavy (non-hydrogen) atoms. The van der Waals surface area contributed by atoms with E-state index in [1.807, 2.05) is 31.2 Å². The van der Waals surface area contributed by atoms with E-state index in [2.05, 4.69) is 9.72 Å². The van der Waals surface area contributed by atoms with Crippen LogP contribution in [0.15, 0.2) is 48.5 Å². The number of aryl methyl sites for hydroxylation is 1. The monoisotopic (exact) mass is 506 g/mol. The molecule has 0 saturated carbocycles. The molecule has 3 rings (SSSR count). The molecule has 0 amide bonds. The van der Waals surface area contributed by atoms with Crippen molar-refractivity contribution in [2.75, 3.05) is 13.7 Å². The van der Waals surface area contributed by atoms with Gasteiger partial charge in [0, 0.05) is 25.5 Å². The molecule has 0 unspecified atom stereocenters. The van der Waals surface area contributed by atoms with E-state index in [0.29, 0.717) is 30.0 Å². The van der Waals surface area contributed by atoms with E-state index in [1.54, 1.807) is 35.8 Å². The fourth-order valence-electron chi connectivity index (χ4n) is 3.94. The number of hydrogen-bond donors (Lipinski definition) is 0. The van der Waals surface area contributed by atoms with Crippen molar-refractivity contribution in [1.82, 2.24) is 9.55 Å². The molecule has 0 aliphatic heterocycles. The number of imidazole rings is 1. The number of ether oxygens (including phenoxy) is 3. The van der Waals surface area contributed by atoms with Gasteiger partial charge in [-0.15, -0.1) is 0 Å². The summed E-state index contributed by atoms with van der Waals surface area (Å²) in [6, 6.07) is 14.3. The lowest BCUT2D eigenvalue weighted by Crippen LogP contribution is -2.17. The molecule has 1 aromatic heterocycles. The van der Waals surface area contributed by atoms with Crippen molar-refractivity contribution in [1.29, 1.82) is 0 Å². The summed E-state index contributed by atoms with van der Waals surface area (Å²) in [7, 11) is 1.17. The van der Waals surface area contributed by atoms with Crippen molar-refractivity contribution in [3.05, 3.63) is 76.9 Å². The Bertz CT molecular complexity index is 1290. The Balaban J connectivity index is 1.98. The van der Waals surface area contributed by atoms with Crippen LogP contribution in [0.25, 0.3) is 11.1 Å². The summed E-state index contributed by atoms with van der Waals surface area (Å²) in [5.41, 5.74) is 3.09. The lowest BCUT2D eigenvalue weighted by atomic mass is 9.96. The summed E-state index contributed by atoms with van der Waals surface area (Å²) < 4.78 is 16.8. The minimum absolute atomic E-state index is 0.128.